The van der Waals surface area contributed by atoms with Crippen molar-refractivity contribution >= 4 is 11.8 Å². The lowest BCUT2D eigenvalue weighted by atomic mass is 10.1. The SMILES string of the molecule is CCCc1cc[n+](CC(=O)c2[nH]c(C)c(C(=O)OC)c2C)cc1. The second kappa shape index (κ2) is 7.22. The van der Waals surface area contributed by atoms with Crippen LogP contribution in [0.4, 0.5) is 0 Å². The van der Waals surface area contributed by atoms with E-state index in [0.717, 1.165) is 12.8 Å². The van der Waals surface area contributed by atoms with E-state index in [1.54, 1.807) is 13.8 Å². The van der Waals surface area contributed by atoms with Gasteiger partial charge in [-0.05, 0) is 31.4 Å². The molecular weight excluding hydrogens is 292 g/mol. The molecule has 0 aliphatic heterocycles. The van der Waals surface area contributed by atoms with Gasteiger partial charge in [0, 0.05) is 17.8 Å². The van der Waals surface area contributed by atoms with Crippen molar-refractivity contribution in [2.45, 2.75) is 40.2 Å². The summed E-state index contributed by atoms with van der Waals surface area (Å²) in [6, 6.07) is 4.06. The molecule has 0 radical (unpaired) electrons. The molecule has 2 heterocycles. The zero-order valence-electron chi connectivity index (χ0n) is 14.1. The second-order valence-corrected chi connectivity index (χ2v) is 5.67. The van der Waals surface area contributed by atoms with Gasteiger partial charge in [-0.2, -0.15) is 4.57 Å². The Balaban J connectivity index is 2.19. The lowest BCUT2D eigenvalue weighted by molar-refractivity contribution is -0.683. The van der Waals surface area contributed by atoms with Crippen molar-refractivity contribution in [1.82, 2.24) is 4.98 Å². The van der Waals surface area contributed by atoms with Crippen LogP contribution in [0.3, 0.4) is 0 Å². The van der Waals surface area contributed by atoms with Gasteiger partial charge in [0.15, 0.2) is 12.4 Å². The molecule has 0 fully saturated rings. The fourth-order valence-corrected chi connectivity index (χ4v) is 2.73. The largest absolute Gasteiger partial charge is 0.465 e. The van der Waals surface area contributed by atoms with Gasteiger partial charge in [-0.1, -0.05) is 13.3 Å². The highest BCUT2D eigenvalue weighted by Crippen LogP contribution is 2.19. The average molecular weight is 315 g/mol. The Morgan fingerprint density at radius 1 is 1.22 bits per heavy atom. The van der Waals surface area contributed by atoms with Gasteiger partial charge in [-0.15, -0.1) is 0 Å². The summed E-state index contributed by atoms with van der Waals surface area (Å²) in [7, 11) is 1.34. The lowest BCUT2D eigenvalue weighted by Gasteiger charge is -2.01. The van der Waals surface area contributed by atoms with Crippen LogP contribution in [0.25, 0.3) is 0 Å². The smallest absolute Gasteiger partial charge is 0.339 e. The molecule has 0 aromatic carbocycles. The number of Topliss-reactive ketones (excluding diaryl/α,β-unsaturated/α-hetero) is 1. The molecule has 2 rings (SSSR count). The van der Waals surface area contributed by atoms with Crippen LogP contribution in [0.1, 0.15) is 51.0 Å². The third kappa shape index (κ3) is 3.67. The van der Waals surface area contributed by atoms with Gasteiger partial charge in [-0.3, -0.25) is 4.79 Å². The van der Waals surface area contributed by atoms with Crippen LogP contribution in [-0.2, 0) is 17.7 Å². The van der Waals surface area contributed by atoms with Gasteiger partial charge in [0.2, 0.25) is 12.3 Å². The molecule has 0 atom stereocenters. The fraction of sp³-hybridized carbons (Fsp3) is 0.389. The quantitative estimate of drug-likeness (QED) is 0.506. The summed E-state index contributed by atoms with van der Waals surface area (Å²) < 4.78 is 6.61. The minimum absolute atomic E-state index is 0.0611. The van der Waals surface area contributed by atoms with Crippen molar-refractivity contribution in [3.8, 4) is 0 Å². The number of ether oxygens (including phenoxy) is 1. The summed E-state index contributed by atoms with van der Waals surface area (Å²) in [5.41, 5.74) is 3.46. The number of ketones is 1. The number of nitrogens with one attached hydrogen (secondary N) is 1. The Hall–Kier alpha value is -2.43. The van der Waals surface area contributed by atoms with Gasteiger partial charge in [0.25, 0.3) is 0 Å². The molecule has 2 aromatic rings. The summed E-state index contributed by atoms with van der Waals surface area (Å²) in [6.07, 6.45) is 5.96. The molecular formula is C18H23N2O3+. The molecule has 5 heteroatoms. The van der Waals surface area contributed by atoms with E-state index in [4.69, 9.17) is 4.74 Å². The Bertz CT molecular complexity index is 715. The number of nitrogens with zero attached hydrogens (tertiary/aromatic N) is 1. The van der Waals surface area contributed by atoms with E-state index in [1.807, 2.05) is 29.1 Å². The summed E-state index contributed by atoms with van der Waals surface area (Å²) in [4.78, 5) is 27.3. The molecule has 122 valence electrons. The topological polar surface area (TPSA) is 63.0 Å². The number of aromatic nitrogens is 2. The first-order chi connectivity index (χ1) is 11.0. The van der Waals surface area contributed by atoms with Crippen molar-refractivity contribution in [3.63, 3.8) is 0 Å². The molecule has 0 saturated heterocycles. The third-order valence-electron chi connectivity index (χ3n) is 3.93. The van der Waals surface area contributed by atoms with E-state index in [2.05, 4.69) is 11.9 Å². The van der Waals surface area contributed by atoms with Crippen LogP contribution < -0.4 is 4.57 Å². The van der Waals surface area contributed by atoms with Crippen LogP contribution in [0.5, 0.6) is 0 Å². The van der Waals surface area contributed by atoms with E-state index in [-0.39, 0.29) is 12.3 Å². The molecule has 0 unspecified atom stereocenters. The van der Waals surface area contributed by atoms with Gasteiger partial charge in [0.1, 0.15) is 0 Å². The first-order valence-electron chi connectivity index (χ1n) is 7.76. The first kappa shape index (κ1) is 16.9. The predicted octanol–water partition coefficient (Wildman–Crippen LogP) is 2.54. The van der Waals surface area contributed by atoms with Crippen LogP contribution >= 0.6 is 0 Å². The number of carbonyl (C=O) groups is 2. The average Bonchev–Trinajstić information content (AvgIpc) is 2.84. The zero-order valence-corrected chi connectivity index (χ0v) is 14.1. The highest BCUT2D eigenvalue weighted by Gasteiger charge is 2.24. The van der Waals surface area contributed by atoms with Crippen LogP contribution in [0.15, 0.2) is 24.5 Å². The molecule has 1 N–H and O–H groups in total. The van der Waals surface area contributed by atoms with Crippen molar-refractivity contribution in [2.75, 3.05) is 7.11 Å². The van der Waals surface area contributed by atoms with Gasteiger partial charge in [-0.25, -0.2) is 4.79 Å². The first-order valence-corrected chi connectivity index (χ1v) is 7.76. The maximum atomic E-state index is 12.5. The normalized spacial score (nSPS) is 10.6. The van der Waals surface area contributed by atoms with E-state index in [9.17, 15) is 9.59 Å². The van der Waals surface area contributed by atoms with Crippen LogP contribution in [0.2, 0.25) is 0 Å². The number of pyridine rings is 1. The zero-order chi connectivity index (χ0) is 17.0. The van der Waals surface area contributed by atoms with Gasteiger partial charge in [0.05, 0.1) is 18.4 Å². The molecule has 2 aromatic heterocycles. The Morgan fingerprint density at radius 3 is 2.43 bits per heavy atom. The van der Waals surface area contributed by atoms with Gasteiger partial charge < -0.3 is 9.72 Å². The second-order valence-electron chi connectivity index (χ2n) is 5.67. The molecule has 0 amide bonds. The lowest BCUT2D eigenvalue weighted by Crippen LogP contribution is -2.37. The van der Waals surface area contributed by atoms with E-state index in [1.165, 1.54) is 12.7 Å². The number of hydrogen-bond acceptors (Lipinski definition) is 3. The molecule has 0 spiro atoms. The number of aryl methyl sites for hydroxylation is 2. The molecule has 0 bridgehead atoms. The molecule has 0 aliphatic rings. The summed E-state index contributed by atoms with van der Waals surface area (Å²) >= 11 is 0. The molecule has 23 heavy (non-hydrogen) atoms. The molecule has 0 aliphatic carbocycles. The highest BCUT2D eigenvalue weighted by atomic mass is 16.5. The molecule has 0 saturated carbocycles. The number of aromatic amines is 1. The summed E-state index contributed by atoms with van der Waals surface area (Å²) in [5.74, 6) is -0.485. The van der Waals surface area contributed by atoms with Crippen molar-refractivity contribution in [3.05, 3.63) is 52.6 Å². The van der Waals surface area contributed by atoms with Crippen LogP contribution in [-0.4, -0.2) is 23.8 Å². The van der Waals surface area contributed by atoms with E-state index < -0.39 is 5.97 Å². The monoisotopic (exact) mass is 315 g/mol. The van der Waals surface area contributed by atoms with E-state index in [0.29, 0.717) is 22.5 Å². The van der Waals surface area contributed by atoms with Crippen LogP contribution in [0, 0.1) is 13.8 Å². The van der Waals surface area contributed by atoms with Crippen molar-refractivity contribution < 1.29 is 18.9 Å². The van der Waals surface area contributed by atoms with Gasteiger partial charge >= 0.3 is 5.97 Å². The minimum atomic E-state index is -0.424. The maximum Gasteiger partial charge on any atom is 0.339 e. The Labute approximate surface area is 136 Å². The number of methoxy groups -OCH3 is 1. The Kier molecular flexibility index (Phi) is 5.32. The number of H-pyrrole nitrogens is 1. The van der Waals surface area contributed by atoms with Crippen molar-refractivity contribution in [2.24, 2.45) is 0 Å². The number of esters is 1. The predicted molar refractivity (Wildman–Crippen MR) is 86.6 cm³/mol. The highest BCUT2D eigenvalue weighted by molar-refractivity contribution is 6.00. The Morgan fingerprint density at radius 2 is 1.87 bits per heavy atom. The minimum Gasteiger partial charge on any atom is -0.465 e. The van der Waals surface area contributed by atoms with E-state index >= 15 is 0 Å². The fourth-order valence-electron chi connectivity index (χ4n) is 2.73. The number of rotatable bonds is 6. The van der Waals surface area contributed by atoms with Crippen molar-refractivity contribution in [1.29, 1.82) is 0 Å². The standard InChI is InChI=1S/C18H22N2O3/c1-5-6-14-7-9-20(10-8-14)11-15(21)17-12(2)16(13(3)19-17)18(22)23-4/h7-10H,5-6,11H2,1-4H3/p+1. The third-order valence-corrected chi connectivity index (χ3v) is 3.93. The summed E-state index contributed by atoms with van der Waals surface area (Å²) in [5, 5.41) is 0. The number of carbonyl (C=O) groups excluding carboxylic acids is 2. The number of hydrogen-bond donors (Lipinski definition) is 1. The maximum absolute atomic E-state index is 12.5. The summed E-state index contributed by atoms with van der Waals surface area (Å²) in [6.45, 7) is 5.90. The molecule has 5 nitrogen and oxygen atoms in total.